The second-order valence-corrected chi connectivity index (χ2v) is 9.19. The molecule has 0 fully saturated rings. The third kappa shape index (κ3) is 3.52. The maximum atomic E-state index is 12.0. The number of ether oxygens (including phenoxy) is 3. The van der Waals surface area contributed by atoms with Gasteiger partial charge in [0.2, 0.25) is 0 Å². The molecule has 2 heterocycles. The first kappa shape index (κ1) is 21.4. The SMILES string of the molecule is CCOC(=O)c1ccc(-c2ccc3c(c2)C(C)(C)[C@H]2COc4cccc(OC)c4[C@H]2N3)cc1. The molecule has 3 aromatic carbocycles. The molecule has 5 nitrogen and oxygen atoms in total. The van der Waals surface area contributed by atoms with Gasteiger partial charge in [-0.25, -0.2) is 4.79 Å². The van der Waals surface area contributed by atoms with Crippen LogP contribution in [0.25, 0.3) is 11.1 Å². The Balaban J connectivity index is 1.52. The summed E-state index contributed by atoms with van der Waals surface area (Å²) in [6, 6.07) is 20.2. The Hall–Kier alpha value is -3.47. The van der Waals surface area contributed by atoms with Gasteiger partial charge in [-0.15, -0.1) is 0 Å². The Kier molecular flexibility index (Phi) is 5.28. The number of anilines is 1. The molecule has 5 heteroatoms. The van der Waals surface area contributed by atoms with E-state index in [1.165, 1.54) is 5.56 Å². The fraction of sp³-hybridized carbons (Fsp3) is 0.321. The van der Waals surface area contributed by atoms with Gasteiger partial charge < -0.3 is 19.5 Å². The summed E-state index contributed by atoms with van der Waals surface area (Å²) in [5.41, 5.74) is 6.11. The molecule has 2 aliphatic heterocycles. The number of rotatable bonds is 4. The molecule has 0 unspecified atom stereocenters. The first-order valence-electron chi connectivity index (χ1n) is 11.4. The van der Waals surface area contributed by atoms with Gasteiger partial charge in [0, 0.05) is 17.0 Å². The Morgan fingerprint density at radius 3 is 2.58 bits per heavy atom. The van der Waals surface area contributed by atoms with Crippen molar-refractivity contribution in [2.75, 3.05) is 25.6 Å². The van der Waals surface area contributed by atoms with Crippen LogP contribution >= 0.6 is 0 Å². The van der Waals surface area contributed by atoms with Gasteiger partial charge in [0.05, 0.1) is 37.5 Å². The van der Waals surface area contributed by atoms with E-state index in [9.17, 15) is 4.79 Å². The highest BCUT2D eigenvalue weighted by atomic mass is 16.5. The predicted molar refractivity (Wildman–Crippen MR) is 129 cm³/mol. The van der Waals surface area contributed by atoms with Gasteiger partial charge in [0.1, 0.15) is 11.5 Å². The molecule has 0 radical (unpaired) electrons. The summed E-state index contributed by atoms with van der Waals surface area (Å²) in [5, 5.41) is 3.78. The maximum Gasteiger partial charge on any atom is 0.338 e. The van der Waals surface area contributed by atoms with Crippen LogP contribution in [-0.2, 0) is 10.2 Å². The van der Waals surface area contributed by atoms with E-state index in [0.29, 0.717) is 18.8 Å². The first-order chi connectivity index (χ1) is 15.9. The number of hydrogen-bond donors (Lipinski definition) is 1. The summed E-state index contributed by atoms with van der Waals surface area (Å²) in [7, 11) is 1.71. The average Bonchev–Trinajstić information content (AvgIpc) is 2.83. The van der Waals surface area contributed by atoms with E-state index in [1.54, 1.807) is 7.11 Å². The molecule has 33 heavy (non-hydrogen) atoms. The molecule has 3 aromatic rings. The van der Waals surface area contributed by atoms with Crippen LogP contribution in [0.15, 0.2) is 60.7 Å². The fourth-order valence-electron chi connectivity index (χ4n) is 5.17. The number of carbonyl (C=O) groups excluding carboxylic acids is 1. The number of esters is 1. The van der Waals surface area contributed by atoms with Gasteiger partial charge in [-0.3, -0.25) is 0 Å². The average molecular weight is 444 g/mol. The van der Waals surface area contributed by atoms with Crippen LogP contribution in [0.2, 0.25) is 0 Å². The fourth-order valence-corrected chi connectivity index (χ4v) is 5.17. The van der Waals surface area contributed by atoms with Crippen molar-refractivity contribution in [3.8, 4) is 22.6 Å². The van der Waals surface area contributed by atoms with Crippen molar-refractivity contribution in [2.45, 2.75) is 32.2 Å². The minimum Gasteiger partial charge on any atom is -0.496 e. The lowest BCUT2D eigenvalue weighted by atomic mass is 9.65. The third-order valence-corrected chi connectivity index (χ3v) is 7.06. The largest absolute Gasteiger partial charge is 0.496 e. The first-order valence-corrected chi connectivity index (χ1v) is 11.4. The molecule has 170 valence electrons. The van der Waals surface area contributed by atoms with Crippen LogP contribution in [0.5, 0.6) is 11.5 Å². The summed E-state index contributed by atoms with van der Waals surface area (Å²) in [6.45, 7) is 7.41. The highest BCUT2D eigenvalue weighted by molar-refractivity contribution is 5.90. The third-order valence-electron chi connectivity index (χ3n) is 7.06. The number of methoxy groups -OCH3 is 1. The molecule has 0 aromatic heterocycles. The quantitative estimate of drug-likeness (QED) is 0.502. The van der Waals surface area contributed by atoms with E-state index in [1.807, 2.05) is 49.4 Å². The molecule has 0 saturated carbocycles. The molecular formula is C28H29NO4. The van der Waals surface area contributed by atoms with Crippen LogP contribution in [0, 0.1) is 5.92 Å². The lowest BCUT2D eigenvalue weighted by Crippen LogP contribution is -2.46. The lowest BCUT2D eigenvalue weighted by Gasteiger charge is -2.48. The van der Waals surface area contributed by atoms with Gasteiger partial charge in [0.15, 0.2) is 0 Å². The van der Waals surface area contributed by atoms with Gasteiger partial charge in [-0.1, -0.05) is 38.1 Å². The second-order valence-electron chi connectivity index (χ2n) is 9.19. The summed E-state index contributed by atoms with van der Waals surface area (Å²) in [6.07, 6.45) is 0. The molecule has 0 bridgehead atoms. The summed E-state index contributed by atoms with van der Waals surface area (Å²) < 4.78 is 17.0. The van der Waals surface area contributed by atoms with Gasteiger partial charge in [-0.2, -0.15) is 0 Å². The monoisotopic (exact) mass is 443 g/mol. The molecule has 0 saturated heterocycles. The van der Waals surface area contributed by atoms with Crippen LogP contribution in [-0.4, -0.2) is 26.3 Å². The second kappa shape index (κ2) is 8.14. The predicted octanol–water partition coefficient (Wildman–Crippen LogP) is 5.99. The van der Waals surface area contributed by atoms with E-state index in [4.69, 9.17) is 14.2 Å². The van der Waals surface area contributed by atoms with E-state index >= 15 is 0 Å². The molecule has 0 aliphatic carbocycles. The van der Waals surface area contributed by atoms with Crippen molar-refractivity contribution in [3.63, 3.8) is 0 Å². The zero-order valence-electron chi connectivity index (χ0n) is 19.5. The Labute approximate surface area is 194 Å². The van der Waals surface area contributed by atoms with Gasteiger partial charge in [0.25, 0.3) is 0 Å². The highest BCUT2D eigenvalue weighted by Gasteiger charge is 2.47. The van der Waals surface area contributed by atoms with E-state index in [0.717, 1.165) is 33.9 Å². The lowest BCUT2D eigenvalue weighted by molar-refractivity contribution is 0.0526. The van der Waals surface area contributed by atoms with E-state index < -0.39 is 0 Å². The minimum atomic E-state index is -0.293. The summed E-state index contributed by atoms with van der Waals surface area (Å²) in [5.74, 6) is 1.70. The molecule has 1 N–H and O–H groups in total. The number of fused-ring (bicyclic) bond motifs is 4. The normalized spacial score (nSPS) is 19.8. The van der Waals surface area contributed by atoms with Crippen molar-refractivity contribution < 1.29 is 19.0 Å². The molecule has 0 spiro atoms. The van der Waals surface area contributed by atoms with Crippen molar-refractivity contribution in [2.24, 2.45) is 5.92 Å². The molecule has 2 aliphatic rings. The van der Waals surface area contributed by atoms with Gasteiger partial charge in [-0.05, 0) is 60.0 Å². The maximum absolute atomic E-state index is 12.0. The Bertz CT molecular complexity index is 1180. The van der Waals surface area contributed by atoms with Crippen molar-refractivity contribution in [1.82, 2.24) is 0 Å². The standard InChI is InChI=1S/C28H29NO4/c1-5-32-27(30)18-11-9-17(10-12-18)19-13-14-22-20(15-19)28(2,3)21-16-33-24-8-6-7-23(31-4)25(24)26(21)29-22/h6-15,21,26,29H,5,16H2,1-4H3/t21-,26-/m0/s1. The van der Waals surface area contributed by atoms with Crippen LogP contribution in [0.1, 0.15) is 48.3 Å². The Morgan fingerprint density at radius 2 is 1.85 bits per heavy atom. The van der Waals surface area contributed by atoms with E-state index in [-0.39, 0.29) is 23.3 Å². The van der Waals surface area contributed by atoms with Crippen LogP contribution < -0.4 is 14.8 Å². The molecular weight excluding hydrogens is 414 g/mol. The van der Waals surface area contributed by atoms with Crippen molar-refractivity contribution in [3.05, 3.63) is 77.4 Å². The van der Waals surface area contributed by atoms with E-state index in [2.05, 4.69) is 37.4 Å². The molecule has 2 atom stereocenters. The smallest absolute Gasteiger partial charge is 0.338 e. The topological polar surface area (TPSA) is 56.8 Å². The minimum absolute atomic E-state index is 0.113. The summed E-state index contributed by atoms with van der Waals surface area (Å²) in [4.78, 5) is 12.0. The molecule has 0 amide bonds. The van der Waals surface area contributed by atoms with Crippen LogP contribution in [0.3, 0.4) is 0 Å². The zero-order chi connectivity index (χ0) is 23.2. The number of hydrogen-bond acceptors (Lipinski definition) is 5. The number of carbonyl (C=O) groups is 1. The van der Waals surface area contributed by atoms with Crippen LogP contribution in [0.4, 0.5) is 5.69 Å². The Morgan fingerprint density at radius 1 is 1.09 bits per heavy atom. The van der Waals surface area contributed by atoms with Crippen molar-refractivity contribution >= 4 is 11.7 Å². The zero-order valence-corrected chi connectivity index (χ0v) is 19.5. The number of nitrogens with one attached hydrogen (secondary N) is 1. The van der Waals surface area contributed by atoms with Crippen molar-refractivity contribution in [1.29, 1.82) is 0 Å². The molecule has 5 rings (SSSR count). The van der Waals surface area contributed by atoms with Gasteiger partial charge >= 0.3 is 5.97 Å². The number of benzene rings is 3. The highest BCUT2D eigenvalue weighted by Crippen LogP contribution is 2.54. The summed E-state index contributed by atoms with van der Waals surface area (Å²) >= 11 is 0.